The molecule has 2 amide bonds. The number of carbonyl (C=O) groups is 2. The predicted octanol–water partition coefficient (Wildman–Crippen LogP) is 4.11. The topological polar surface area (TPSA) is 147 Å². The number of amides is 2. The number of alkyl carbamates (subject to hydrolysis) is 1. The average Bonchev–Trinajstić information content (AvgIpc) is 3.76. The molecule has 2 aromatic rings. The Labute approximate surface area is 239 Å². The van der Waals surface area contributed by atoms with Gasteiger partial charge in [0.2, 0.25) is 5.91 Å². The normalized spacial score (nSPS) is 26.7. The first-order valence-corrected chi connectivity index (χ1v) is 15.1. The molecule has 3 aliphatic carbocycles. The summed E-state index contributed by atoms with van der Waals surface area (Å²) in [5, 5.41) is 7.68. The summed E-state index contributed by atoms with van der Waals surface area (Å²) in [5.41, 5.74) is -0.0232. The number of halogens is 2. The van der Waals surface area contributed by atoms with Crippen LogP contribution in [0.4, 0.5) is 13.6 Å². The first-order chi connectivity index (χ1) is 19.4. The molecule has 5 atom stereocenters. The molecule has 1 aromatic heterocycles. The molecular weight excluding hydrogens is 578 g/mol. The molecule has 41 heavy (non-hydrogen) atoms. The molecule has 2 saturated carbocycles. The molecule has 3 unspecified atom stereocenters. The number of allylic oxidation sites excluding steroid dienone is 5. The van der Waals surface area contributed by atoms with Crippen LogP contribution in [0.1, 0.15) is 53.4 Å². The van der Waals surface area contributed by atoms with Crippen molar-refractivity contribution in [3.05, 3.63) is 88.1 Å². The summed E-state index contributed by atoms with van der Waals surface area (Å²) < 4.78 is 65.8. The summed E-state index contributed by atoms with van der Waals surface area (Å²) in [6.07, 6.45) is 7.53. The lowest BCUT2D eigenvalue weighted by Crippen LogP contribution is -2.51. The van der Waals surface area contributed by atoms with Gasteiger partial charge in [0.1, 0.15) is 10.5 Å². The maximum absolute atomic E-state index is 13.8. The number of hydrogen-bond donors (Lipinski definition) is 4. The molecule has 0 spiro atoms. The van der Waals surface area contributed by atoms with E-state index in [2.05, 4.69) is 15.6 Å². The third kappa shape index (κ3) is 6.66. The minimum atomic E-state index is -4.47. The van der Waals surface area contributed by atoms with E-state index >= 15 is 0 Å². The summed E-state index contributed by atoms with van der Waals surface area (Å²) in [4.78, 5) is 30.6. The molecule has 0 aliphatic heterocycles. The zero-order valence-corrected chi connectivity index (χ0v) is 23.4. The van der Waals surface area contributed by atoms with Gasteiger partial charge < -0.3 is 15.4 Å². The van der Waals surface area contributed by atoms with Crippen LogP contribution in [0.25, 0.3) is 0 Å². The number of nitrogens with zero attached hydrogens (tertiary/aromatic N) is 1. The van der Waals surface area contributed by atoms with E-state index in [9.17, 15) is 26.8 Å². The van der Waals surface area contributed by atoms with Crippen LogP contribution in [-0.2, 0) is 19.8 Å². The fourth-order valence-electron chi connectivity index (χ4n) is 4.99. The number of ether oxygens (including phenoxy) is 1. The van der Waals surface area contributed by atoms with E-state index in [4.69, 9.17) is 9.29 Å². The highest BCUT2D eigenvalue weighted by Gasteiger charge is 2.62. The number of hydrogen-bond acceptors (Lipinski definition) is 7. The molecule has 0 bridgehead atoms. The van der Waals surface area contributed by atoms with E-state index in [1.807, 2.05) is 35.1 Å². The molecule has 0 radical (unpaired) electrons. The first kappa shape index (κ1) is 28.9. The van der Waals surface area contributed by atoms with Crippen molar-refractivity contribution in [2.24, 2.45) is 5.92 Å². The Morgan fingerprint density at radius 2 is 1.93 bits per heavy atom. The minimum absolute atomic E-state index is 0.129. The fraction of sp³-hybridized carbons (Fsp3) is 0.370. The van der Waals surface area contributed by atoms with Gasteiger partial charge in [-0.05, 0) is 36.5 Å². The Hall–Kier alpha value is -3.62. The molecule has 218 valence electrons. The van der Waals surface area contributed by atoms with Gasteiger partial charge in [-0.2, -0.15) is 8.42 Å². The number of carbonyl (C=O) groups excluding carboxylic acids is 2. The van der Waals surface area contributed by atoms with E-state index < -0.39 is 45.7 Å². The molecular formula is C27H28F2N4O6S2. The Morgan fingerprint density at radius 1 is 1.20 bits per heavy atom. The van der Waals surface area contributed by atoms with E-state index in [-0.39, 0.29) is 36.1 Å². The Balaban J connectivity index is 1.40. The van der Waals surface area contributed by atoms with E-state index in [0.717, 1.165) is 16.9 Å². The van der Waals surface area contributed by atoms with Crippen molar-refractivity contribution < 1.29 is 36.1 Å². The van der Waals surface area contributed by atoms with E-state index in [0.29, 0.717) is 11.4 Å². The van der Waals surface area contributed by atoms with Crippen LogP contribution in [0.15, 0.2) is 71.8 Å². The van der Waals surface area contributed by atoms with Crippen molar-refractivity contribution in [2.75, 3.05) is 7.11 Å². The lowest BCUT2D eigenvalue weighted by molar-refractivity contribution is -0.125. The number of nitrogens with one attached hydrogen (secondary N) is 3. The van der Waals surface area contributed by atoms with Gasteiger partial charge in [0.15, 0.2) is 0 Å². The summed E-state index contributed by atoms with van der Waals surface area (Å²) in [5.74, 6) is -4.87. The van der Waals surface area contributed by atoms with Crippen molar-refractivity contribution in [1.29, 1.82) is 0 Å². The third-order valence-corrected chi connectivity index (χ3v) is 8.79. The van der Waals surface area contributed by atoms with Gasteiger partial charge >= 0.3 is 16.4 Å². The summed E-state index contributed by atoms with van der Waals surface area (Å²) in [6.45, 7) is 0. The lowest BCUT2D eigenvalue weighted by Gasteiger charge is -2.24. The molecule has 0 saturated heterocycles. The zero-order chi connectivity index (χ0) is 29.4. The molecule has 5 rings (SSSR count). The number of alkyl halides is 2. The number of rotatable bonds is 10. The van der Waals surface area contributed by atoms with Crippen LogP contribution >= 0.6 is 11.3 Å². The van der Waals surface area contributed by atoms with Crippen molar-refractivity contribution in [3.63, 3.8) is 0 Å². The lowest BCUT2D eigenvalue weighted by atomic mass is 9.98. The second-order valence-corrected chi connectivity index (χ2v) is 12.3. The van der Waals surface area contributed by atoms with Crippen molar-refractivity contribution in [2.45, 2.75) is 48.6 Å². The highest BCUT2D eigenvalue weighted by molar-refractivity contribution is 7.83. The van der Waals surface area contributed by atoms with Crippen molar-refractivity contribution in [1.82, 2.24) is 20.3 Å². The first-order valence-electron chi connectivity index (χ1n) is 12.8. The fourth-order valence-corrected chi connectivity index (χ4v) is 6.36. The Bertz CT molecular complexity index is 1520. The van der Waals surface area contributed by atoms with Crippen LogP contribution in [0.3, 0.4) is 0 Å². The second kappa shape index (κ2) is 11.0. The van der Waals surface area contributed by atoms with Crippen LogP contribution < -0.4 is 15.4 Å². The van der Waals surface area contributed by atoms with Crippen LogP contribution in [-0.4, -0.2) is 48.5 Å². The van der Waals surface area contributed by atoms with E-state index in [1.54, 1.807) is 23.6 Å². The summed E-state index contributed by atoms with van der Waals surface area (Å²) >= 11 is 1.16. The highest BCUT2D eigenvalue weighted by atomic mass is 32.2. The van der Waals surface area contributed by atoms with Crippen molar-refractivity contribution >= 4 is 33.6 Å². The van der Waals surface area contributed by atoms with Crippen LogP contribution in [0, 0.1) is 5.92 Å². The van der Waals surface area contributed by atoms with Gasteiger partial charge in [-0.25, -0.2) is 18.6 Å². The molecule has 14 heteroatoms. The molecule has 1 aromatic carbocycles. The van der Waals surface area contributed by atoms with Gasteiger partial charge in [-0.1, -0.05) is 48.6 Å². The highest BCUT2D eigenvalue weighted by Crippen LogP contribution is 2.56. The average molecular weight is 607 g/mol. The second-order valence-electron chi connectivity index (χ2n) is 10.3. The van der Waals surface area contributed by atoms with Gasteiger partial charge in [0, 0.05) is 17.7 Å². The number of benzene rings is 1. The molecule has 3 aliphatic rings. The smallest absolute Gasteiger partial charge is 0.407 e. The molecule has 2 fully saturated rings. The van der Waals surface area contributed by atoms with Crippen LogP contribution in [0.2, 0.25) is 0 Å². The van der Waals surface area contributed by atoms with Crippen LogP contribution in [0.5, 0.6) is 0 Å². The maximum atomic E-state index is 13.8. The van der Waals surface area contributed by atoms with Gasteiger partial charge in [-0.15, -0.1) is 11.3 Å². The SMILES string of the molecule is COC(=O)NC1(C(=O)N[C@@H](CC2C=CC=C(NS(=O)(=O)O)C=C2)c2nc(C3CC3(F)F)cs2)C[C@@H]1c1ccccc1. The largest absolute Gasteiger partial charge is 0.453 e. The molecule has 10 nitrogen and oxygen atoms in total. The maximum Gasteiger partial charge on any atom is 0.407 e. The van der Waals surface area contributed by atoms with Gasteiger partial charge in [-0.3, -0.25) is 14.1 Å². The summed E-state index contributed by atoms with van der Waals surface area (Å²) in [6, 6.07) is 8.53. The Kier molecular flexibility index (Phi) is 7.74. The quantitative estimate of drug-likeness (QED) is 0.298. The molecule has 1 heterocycles. The van der Waals surface area contributed by atoms with Gasteiger partial charge in [0.05, 0.1) is 30.5 Å². The van der Waals surface area contributed by atoms with Gasteiger partial charge in [0.25, 0.3) is 5.92 Å². The molecule has 4 N–H and O–H groups in total. The third-order valence-electron chi connectivity index (χ3n) is 7.32. The van der Waals surface area contributed by atoms with Crippen molar-refractivity contribution in [3.8, 4) is 0 Å². The number of methoxy groups -OCH3 is 1. The standard InChI is InChI=1S/C27H28F2N4O6S2/c1-39-25(35)32-26(13-19(26)17-7-3-2-4-8-17)24(34)31-21(23-30-22(15-40-23)20-14-27(20,28)29)12-16-6-5-9-18(11-10-16)33-41(36,37)38/h2-11,15-16,19-21,33H,12-14H2,1H3,(H,31,34)(H,32,35)(H,36,37,38)/t16?,19-,20?,21+,26?/m1/s1. The monoisotopic (exact) mass is 606 g/mol. The summed E-state index contributed by atoms with van der Waals surface area (Å²) in [7, 11) is -3.27. The minimum Gasteiger partial charge on any atom is -0.453 e. The zero-order valence-electron chi connectivity index (χ0n) is 21.8. The Morgan fingerprint density at radius 3 is 2.59 bits per heavy atom. The number of aromatic nitrogens is 1. The predicted molar refractivity (Wildman–Crippen MR) is 147 cm³/mol. The van der Waals surface area contributed by atoms with E-state index in [1.165, 1.54) is 19.3 Å². The number of thiazole rings is 1.